The molecule has 0 amide bonds. The lowest BCUT2D eigenvalue weighted by atomic mass is 10.1. The zero-order valence-corrected chi connectivity index (χ0v) is 11.1. The van der Waals surface area contributed by atoms with Crippen LogP contribution in [0.5, 0.6) is 0 Å². The number of halogens is 2. The Bertz CT molecular complexity index is 545. The molecule has 0 spiro atoms. The van der Waals surface area contributed by atoms with Crippen molar-refractivity contribution in [2.75, 3.05) is 6.54 Å². The number of aliphatic hydroxyl groups is 1. The molecule has 6 heteroatoms. The summed E-state index contributed by atoms with van der Waals surface area (Å²) >= 11 is 0. The molecule has 1 heterocycles. The van der Waals surface area contributed by atoms with E-state index in [4.69, 9.17) is 0 Å². The first kappa shape index (κ1) is 14.6. The van der Waals surface area contributed by atoms with Gasteiger partial charge in [-0.05, 0) is 30.7 Å². The first-order valence-electron chi connectivity index (χ1n) is 6.40. The van der Waals surface area contributed by atoms with Gasteiger partial charge in [0.2, 0.25) is 0 Å². The van der Waals surface area contributed by atoms with Crippen LogP contribution in [0.1, 0.15) is 18.6 Å². The van der Waals surface area contributed by atoms with Gasteiger partial charge in [0.1, 0.15) is 0 Å². The molecule has 0 aliphatic rings. The first-order chi connectivity index (χ1) is 9.56. The van der Waals surface area contributed by atoms with Gasteiger partial charge in [0.15, 0.2) is 11.6 Å². The van der Waals surface area contributed by atoms with Crippen molar-refractivity contribution >= 4 is 0 Å². The molecular weight excluding hydrogens is 264 g/mol. The number of hydrogen-bond acceptors (Lipinski definition) is 3. The van der Waals surface area contributed by atoms with Crippen molar-refractivity contribution < 1.29 is 13.9 Å². The van der Waals surface area contributed by atoms with Crippen molar-refractivity contribution in [3.63, 3.8) is 0 Å². The van der Waals surface area contributed by atoms with Crippen molar-refractivity contribution in [1.82, 2.24) is 15.1 Å². The van der Waals surface area contributed by atoms with Gasteiger partial charge >= 0.3 is 0 Å². The minimum atomic E-state index is -0.953. The molecule has 1 aromatic heterocycles. The molecule has 0 saturated carbocycles. The van der Waals surface area contributed by atoms with E-state index in [9.17, 15) is 13.9 Å². The van der Waals surface area contributed by atoms with Crippen LogP contribution in [-0.2, 0) is 6.54 Å². The molecule has 0 fully saturated rings. The Labute approximate surface area is 116 Å². The molecule has 0 aliphatic heterocycles. The van der Waals surface area contributed by atoms with Crippen LogP contribution in [0.25, 0.3) is 0 Å². The molecule has 0 aliphatic carbocycles. The minimum absolute atomic E-state index is 0.0924. The topological polar surface area (TPSA) is 50.1 Å². The monoisotopic (exact) mass is 281 g/mol. The Kier molecular flexibility index (Phi) is 4.81. The minimum Gasteiger partial charge on any atom is -0.387 e. The van der Waals surface area contributed by atoms with Crippen molar-refractivity contribution in [3.8, 4) is 0 Å². The van der Waals surface area contributed by atoms with Gasteiger partial charge in [-0.1, -0.05) is 6.07 Å². The summed E-state index contributed by atoms with van der Waals surface area (Å²) in [6.07, 6.45) is 2.66. The van der Waals surface area contributed by atoms with Crippen LogP contribution in [0.4, 0.5) is 8.78 Å². The van der Waals surface area contributed by atoms with Crippen molar-refractivity contribution in [2.45, 2.75) is 25.6 Å². The Hall–Kier alpha value is -1.79. The molecule has 2 aromatic rings. The van der Waals surface area contributed by atoms with Gasteiger partial charge < -0.3 is 10.4 Å². The van der Waals surface area contributed by atoms with E-state index in [2.05, 4.69) is 10.4 Å². The van der Waals surface area contributed by atoms with E-state index in [1.807, 2.05) is 19.2 Å². The third-order valence-electron chi connectivity index (χ3n) is 3.01. The van der Waals surface area contributed by atoms with Gasteiger partial charge in [-0.25, -0.2) is 8.78 Å². The maximum Gasteiger partial charge on any atom is 0.159 e. The number of aromatic nitrogens is 2. The van der Waals surface area contributed by atoms with Crippen LogP contribution in [0, 0.1) is 11.6 Å². The fraction of sp³-hybridized carbons (Fsp3) is 0.357. The van der Waals surface area contributed by atoms with Crippen LogP contribution in [-0.4, -0.2) is 27.5 Å². The van der Waals surface area contributed by atoms with E-state index in [-0.39, 0.29) is 12.6 Å². The second-order valence-electron chi connectivity index (χ2n) is 4.73. The Balaban J connectivity index is 1.85. The Morgan fingerprint density at radius 2 is 2.15 bits per heavy atom. The molecule has 0 radical (unpaired) electrons. The highest BCUT2D eigenvalue weighted by Crippen LogP contribution is 2.15. The molecular formula is C14H17F2N3O. The fourth-order valence-electron chi connectivity index (χ4n) is 1.90. The van der Waals surface area contributed by atoms with E-state index < -0.39 is 17.7 Å². The Morgan fingerprint density at radius 3 is 2.80 bits per heavy atom. The molecule has 2 atom stereocenters. The maximum absolute atomic E-state index is 13.1. The summed E-state index contributed by atoms with van der Waals surface area (Å²) in [5.41, 5.74) is 0.350. The lowest BCUT2D eigenvalue weighted by Crippen LogP contribution is -2.33. The number of hydrogen-bond donors (Lipinski definition) is 2. The van der Waals surface area contributed by atoms with Crippen molar-refractivity contribution in [1.29, 1.82) is 0 Å². The molecule has 2 rings (SSSR count). The highest BCUT2D eigenvalue weighted by Gasteiger charge is 2.12. The zero-order chi connectivity index (χ0) is 14.5. The number of benzene rings is 1. The van der Waals surface area contributed by atoms with Crippen LogP contribution in [0.15, 0.2) is 36.7 Å². The lowest BCUT2D eigenvalue weighted by molar-refractivity contribution is 0.168. The molecule has 108 valence electrons. The fourth-order valence-corrected chi connectivity index (χ4v) is 1.90. The molecule has 2 N–H and O–H groups in total. The summed E-state index contributed by atoms with van der Waals surface area (Å²) in [6.45, 7) is 2.88. The average Bonchev–Trinajstić information content (AvgIpc) is 2.92. The van der Waals surface area contributed by atoms with Crippen LogP contribution < -0.4 is 5.32 Å². The highest BCUT2D eigenvalue weighted by atomic mass is 19.2. The summed E-state index contributed by atoms with van der Waals surface area (Å²) in [5.74, 6) is -1.87. The van der Waals surface area contributed by atoms with E-state index in [1.165, 1.54) is 6.07 Å². The van der Waals surface area contributed by atoms with Gasteiger partial charge in [0, 0.05) is 25.0 Å². The normalized spacial score (nSPS) is 14.2. The van der Waals surface area contributed by atoms with E-state index in [0.29, 0.717) is 12.1 Å². The number of aliphatic hydroxyl groups excluding tert-OH is 1. The highest BCUT2D eigenvalue weighted by molar-refractivity contribution is 5.20. The van der Waals surface area contributed by atoms with E-state index in [0.717, 1.165) is 12.1 Å². The second kappa shape index (κ2) is 6.58. The molecule has 1 aromatic carbocycles. The number of nitrogens with one attached hydrogen (secondary N) is 1. The second-order valence-corrected chi connectivity index (χ2v) is 4.73. The molecule has 2 unspecified atom stereocenters. The molecule has 4 nitrogen and oxygen atoms in total. The first-order valence-corrected chi connectivity index (χ1v) is 6.40. The van der Waals surface area contributed by atoms with Gasteiger partial charge in [-0.15, -0.1) is 0 Å². The maximum atomic E-state index is 13.1. The van der Waals surface area contributed by atoms with Gasteiger partial charge in [0.25, 0.3) is 0 Å². The van der Waals surface area contributed by atoms with Crippen molar-refractivity contribution in [2.24, 2.45) is 0 Å². The Morgan fingerprint density at radius 1 is 1.35 bits per heavy atom. The summed E-state index contributed by atoms with van der Waals surface area (Å²) in [7, 11) is 0. The quantitative estimate of drug-likeness (QED) is 0.850. The largest absolute Gasteiger partial charge is 0.387 e. The van der Waals surface area contributed by atoms with Gasteiger partial charge in [-0.3, -0.25) is 4.68 Å². The standard InChI is InChI=1S/C14H17F2N3O/c1-10(9-19-6-2-5-18-19)17-8-14(20)11-3-4-12(15)13(16)7-11/h2-7,10,14,17,20H,8-9H2,1H3. The summed E-state index contributed by atoms with van der Waals surface area (Å²) in [4.78, 5) is 0. The molecule has 0 bridgehead atoms. The SMILES string of the molecule is CC(Cn1cccn1)NCC(O)c1ccc(F)c(F)c1. The summed E-state index contributed by atoms with van der Waals surface area (Å²) in [6, 6.07) is 5.34. The number of rotatable bonds is 6. The predicted octanol–water partition coefficient (Wildman–Crippen LogP) is 1.87. The van der Waals surface area contributed by atoms with E-state index in [1.54, 1.807) is 10.9 Å². The predicted molar refractivity (Wildman–Crippen MR) is 71.0 cm³/mol. The lowest BCUT2D eigenvalue weighted by Gasteiger charge is -2.17. The smallest absolute Gasteiger partial charge is 0.159 e. The number of nitrogens with zero attached hydrogens (tertiary/aromatic N) is 2. The molecule has 20 heavy (non-hydrogen) atoms. The zero-order valence-electron chi connectivity index (χ0n) is 11.1. The van der Waals surface area contributed by atoms with Crippen LogP contribution >= 0.6 is 0 Å². The molecule has 0 saturated heterocycles. The third-order valence-corrected chi connectivity index (χ3v) is 3.01. The van der Waals surface area contributed by atoms with Gasteiger partial charge in [0.05, 0.1) is 12.6 Å². The van der Waals surface area contributed by atoms with Crippen LogP contribution in [0.2, 0.25) is 0 Å². The van der Waals surface area contributed by atoms with E-state index >= 15 is 0 Å². The van der Waals surface area contributed by atoms with Gasteiger partial charge in [-0.2, -0.15) is 5.10 Å². The average molecular weight is 281 g/mol. The summed E-state index contributed by atoms with van der Waals surface area (Å²) < 4.78 is 27.7. The third kappa shape index (κ3) is 3.85. The van der Waals surface area contributed by atoms with Crippen molar-refractivity contribution in [3.05, 3.63) is 53.9 Å². The summed E-state index contributed by atoms with van der Waals surface area (Å²) in [5, 5.41) is 17.1. The van der Waals surface area contributed by atoms with Crippen LogP contribution in [0.3, 0.4) is 0 Å².